The lowest BCUT2D eigenvalue weighted by Gasteiger charge is -2.16. The summed E-state index contributed by atoms with van der Waals surface area (Å²) in [5.41, 5.74) is 3.03. The molecule has 3 heterocycles. The lowest BCUT2D eigenvalue weighted by molar-refractivity contribution is -0.123. The van der Waals surface area contributed by atoms with Crippen LogP contribution in [0.1, 0.15) is 17.4 Å². The number of H-pyrrole nitrogens is 1. The molecule has 0 bridgehead atoms. The number of nitrogens with zero attached hydrogens (tertiary/aromatic N) is 1. The molecule has 0 saturated heterocycles. The minimum atomic E-state index is -0.873. The van der Waals surface area contributed by atoms with Crippen molar-refractivity contribution in [2.24, 2.45) is 0 Å². The summed E-state index contributed by atoms with van der Waals surface area (Å²) in [5.74, 6) is 1.11. The number of amides is 1. The summed E-state index contributed by atoms with van der Waals surface area (Å²) in [6, 6.07) is 5.03. The Kier molecular flexibility index (Phi) is 4.60. The van der Waals surface area contributed by atoms with E-state index in [9.17, 15) is 9.59 Å². The molecule has 0 spiro atoms. The number of hydrogen-bond donors (Lipinski definition) is 2. The van der Waals surface area contributed by atoms with Crippen LogP contribution >= 0.6 is 23.6 Å². The molecule has 1 aliphatic heterocycles. The van der Waals surface area contributed by atoms with Crippen LogP contribution in [0.15, 0.2) is 23.0 Å². The van der Waals surface area contributed by atoms with Crippen molar-refractivity contribution < 1.29 is 19.0 Å². The predicted octanol–water partition coefficient (Wildman–Crippen LogP) is 3.00. The topological polar surface area (TPSA) is 94.6 Å². The number of rotatable bonds is 4. The summed E-state index contributed by atoms with van der Waals surface area (Å²) < 4.78 is 17.4. The van der Waals surface area contributed by atoms with E-state index in [1.807, 2.05) is 13.8 Å². The van der Waals surface area contributed by atoms with Crippen molar-refractivity contribution in [1.29, 1.82) is 0 Å². The highest BCUT2D eigenvalue weighted by atomic mass is 32.1. The first-order valence-electron chi connectivity index (χ1n) is 8.47. The van der Waals surface area contributed by atoms with Crippen molar-refractivity contribution in [2.45, 2.75) is 26.9 Å². The number of fused-ring (bicyclic) bond motifs is 2. The highest BCUT2D eigenvalue weighted by Crippen LogP contribution is 2.35. The van der Waals surface area contributed by atoms with E-state index in [0.717, 1.165) is 15.1 Å². The Bertz CT molecular complexity index is 1210. The number of carbonyl (C=O) groups excluding carboxylic acids is 1. The number of ether oxygens (including phenoxy) is 3. The van der Waals surface area contributed by atoms with E-state index in [2.05, 4.69) is 10.4 Å². The van der Waals surface area contributed by atoms with E-state index in [0.29, 0.717) is 27.5 Å². The Hall–Kier alpha value is -2.85. The van der Waals surface area contributed by atoms with Crippen molar-refractivity contribution in [3.63, 3.8) is 0 Å². The maximum absolute atomic E-state index is 12.8. The first-order valence-corrected chi connectivity index (χ1v) is 9.70. The highest BCUT2D eigenvalue weighted by molar-refractivity contribution is 7.71. The number of benzene rings is 1. The van der Waals surface area contributed by atoms with Gasteiger partial charge in [0.25, 0.3) is 11.5 Å². The molecule has 8 nitrogen and oxygen atoms in total. The molecule has 3 aromatic rings. The normalized spacial score (nSPS) is 13.5. The Balaban J connectivity index is 1.57. The molecule has 1 amide bonds. The van der Waals surface area contributed by atoms with Gasteiger partial charge in [-0.3, -0.25) is 15.0 Å². The summed E-state index contributed by atoms with van der Waals surface area (Å²) in [5, 5.41) is 0.515. The molecule has 10 heteroatoms. The van der Waals surface area contributed by atoms with Gasteiger partial charge in [-0.1, -0.05) is 0 Å². The fourth-order valence-corrected chi connectivity index (χ4v) is 4.19. The molecule has 4 rings (SSSR count). The summed E-state index contributed by atoms with van der Waals surface area (Å²) in [7, 11) is 0. The molecular formula is C18H17N3O5S2. The third-order valence-corrected chi connectivity index (χ3v) is 5.88. The van der Waals surface area contributed by atoms with Gasteiger partial charge in [-0.15, -0.1) is 11.3 Å². The number of carbonyl (C=O) groups is 1. The van der Waals surface area contributed by atoms with Crippen molar-refractivity contribution in [3.05, 3.63) is 43.8 Å². The smallest absolute Gasteiger partial charge is 0.282 e. The van der Waals surface area contributed by atoms with E-state index < -0.39 is 12.0 Å². The van der Waals surface area contributed by atoms with Gasteiger partial charge in [-0.25, -0.2) is 0 Å². The lowest BCUT2D eigenvalue weighted by Crippen LogP contribution is -2.40. The van der Waals surface area contributed by atoms with Crippen LogP contribution in [0.3, 0.4) is 0 Å². The molecule has 0 saturated carbocycles. The minimum absolute atomic E-state index is 0.113. The summed E-state index contributed by atoms with van der Waals surface area (Å²) in [4.78, 5) is 30.1. The van der Waals surface area contributed by atoms with Gasteiger partial charge in [-0.2, -0.15) is 4.68 Å². The third-order valence-electron chi connectivity index (χ3n) is 4.47. The Morgan fingerprint density at radius 2 is 2.11 bits per heavy atom. The van der Waals surface area contributed by atoms with Crippen LogP contribution in [-0.4, -0.2) is 28.5 Å². The largest absolute Gasteiger partial charge is 0.481 e. The second-order valence-corrected chi connectivity index (χ2v) is 7.92. The average molecular weight is 419 g/mol. The molecule has 28 heavy (non-hydrogen) atoms. The minimum Gasteiger partial charge on any atom is -0.481 e. The molecule has 0 aliphatic carbocycles. The van der Waals surface area contributed by atoms with Crippen molar-refractivity contribution in [1.82, 2.24) is 9.66 Å². The Morgan fingerprint density at radius 1 is 1.36 bits per heavy atom. The zero-order valence-electron chi connectivity index (χ0n) is 15.3. The maximum Gasteiger partial charge on any atom is 0.282 e. The van der Waals surface area contributed by atoms with Gasteiger partial charge in [0.05, 0.1) is 5.39 Å². The van der Waals surface area contributed by atoms with Crippen LogP contribution in [0.2, 0.25) is 0 Å². The van der Waals surface area contributed by atoms with Crippen molar-refractivity contribution in [2.75, 3.05) is 12.2 Å². The van der Waals surface area contributed by atoms with E-state index >= 15 is 0 Å². The summed E-state index contributed by atoms with van der Waals surface area (Å²) in [6.45, 7) is 5.53. The van der Waals surface area contributed by atoms with Gasteiger partial charge >= 0.3 is 0 Å². The van der Waals surface area contributed by atoms with Gasteiger partial charge in [0.1, 0.15) is 10.6 Å². The van der Waals surface area contributed by atoms with Gasteiger partial charge in [0, 0.05) is 10.9 Å². The molecule has 2 aromatic heterocycles. The van der Waals surface area contributed by atoms with Crippen LogP contribution in [0.25, 0.3) is 10.2 Å². The van der Waals surface area contributed by atoms with Gasteiger partial charge < -0.3 is 19.2 Å². The molecule has 0 unspecified atom stereocenters. The molecule has 1 aliphatic rings. The zero-order valence-corrected chi connectivity index (χ0v) is 17.0. The number of thiophene rings is 1. The van der Waals surface area contributed by atoms with Crippen LogP contribution in [0.4, 0.5) is 0 Å². The van der Waals surface area contributed by atoms with Crippen molar-refractivity contribution in [3.8, 4) is 17.2 Å². The summed E-state index contributed by atoms with van der Waals surface area (Å²) in [6.07, 6.45) is -0.873. The second-order valence-electron chi connectivity index (χ2n) is 6.31. The predicted molar refractivity (Wildman–Crippen MR) is 108 cm³/mol. The quantitative estimate of drug-likeness (QED) is 0.632. The molecule has 146 valence electrons. The standard InChI is InChI=1S/C18H17N3O5S2/c1-8-10(3)28-16-14(8)17(23)21(18(27)19-16)20-15(22)9(2)26-11-4-5-12-13(6-11)25-7-24-12/h4-6,9H,7H2,1-3H3,(H,19,27)(H,20,22)/t9-/m1/s1. The van der Waals surface area contributed by atoms with Gasteiger partial charge in [0.2, 0.25) is 11.6 Å². The average Bonchev–Trinajstić information content (AvgIpc) is 3.22. The molecule has 1 atom stereocenters. The maximum atomic E-state index is 12.8. The number of aromatic nitrogens is 2. The van der Waals surface area contributed by atoms with Crippen molar-refractivity contribution >= 4 is 39.7 Å². The number of aromatic amines is 1. The third kappa shape index (κ3) is 3.14. The van der Waals surface area contributed by atoms with Crippen LogP contribution in [0, 0.1) is 18.6 Å². The Labute approximate surface area is 168 Å². The highest BCUT2D eigenvalue weighted by Gasteiger charge is 2.20. The molecule has 0 fully saturated rings. The molecular weight excluding hydrogens is 402 g/mol. The number of nitrogens with one attached hydrogen (secondary N) is 2. The SMILES string of the molecule is Cc1sc2[nH]c(=S)n(NC(=O)[C@@H](C)Oc3ccc4c(c3)OCO4)c(=O)c2c1C. The summed E-state index contributed by atoms with van der Waals surface area (Å²) >= 11 is 6.69. The van der Waals surface area contributed by atoms with E-state index in [4.69, 9.17) is 26.4 Å². The second kappa shape index (κ2) is 6.95. The van der Waals surface area contributed by atoms with Gasteiger partial charge in [-0.05, 0) is 50.7 Å². The lowest BCUT2D eigenvalue weighted by atomic mass is 10.2. The molecule has 1 aromatic carbocycles. The van der Waals surface area contributed by atoms with Crippen LogP contribution in [-0.2, 0) is 4.79 Å². The van der Waals surface area contributed by atoms with Gasteiger partial charge in [0.15, 0.2) is 17.6 Å². The van der Waals surface area contributed by atoms with Crippen LogP contribution < -0.4 is 25.2 Å². The molecule has 0 radical (unpaired) electrons. The fourth-order valence-electron chi connectivity index (χ4n) is 2.84. The monoisotopic (exact) mass is 419 g/mol. The Morgan fingerprint density at radius 3 is 2.89 bits per heavy atom. The van der Waals surface area contributed by atoms with E-state index in [-0.39, 0.29) is 17.1 Å². The number of aryl methyl sites for hydroxylation is 2. The first kappa shape index (κ1) is 18.5. The first-order chi connectivity index (χ1) is 13.3. The van der Waals surface area contributed by atoms with Crippen LogP contribution in [0.5, 0.6) is 17.2 Å². The van der Waals surface area contributed by atoms with E-state index in [1.165, 1.54) is 11.3 Å². The number of hydrogen-bond acceptors (Lipinski definition) is 7. The zero-order chi connectivity index (χ0) is 20.0. The van der Waals surface area contributed by atoms with E-state index in [1.54, 1.807) is 25.1 Å². The molecule has 2 N–H and O–H groups in total. The fraction of sp³-hybridized carbons (Fsp3) is 0.278.